The molecule has 86 valence electrons. The van der Waals surface area contributed by atoms with E-state index in [1.165, 1.54) is 0 Å². The Balaban J connectivity index is 2.19. The van der Waals surface area contributed by atoms with Gasteiger partial charge in [0.25, 0.3) is 0 Å². The molecule has 0 unspecified atom stereocenters. The molecule has 0 N–H and O–H groups in total. The zero-order valence-corrected chi connectivity index (χ0v) is 9.96. The van der Waals surface area contributed by atoms with Gasteiger partial charge in [0, 0.05) is 19.3 Å². The van der Waals surface area contributed by atoms with Crippen LogP contribution in [0.2, 0.25) is 0 Å². The highest BCUT2D eigenvalue weighted by molar-refractivity contribution is 6.73. The smallest absolute Gasteiger partial charge is 0.154 e. The normalized spacial score (nSPS) is 24.0. The van der Waals surface area contributed by atoms with E-state index in [0.717, 1.165) is 13.1 Å². The van der Waals surface area contributed by atoms with Crippen LogP contribution in [-0.4, -0.2) is 42.7 Å². The van der Waals surface area contributed by atoms with Gasteiger partial charge in [0.15, 0.2) is 6.29 Å². The minimum absolute atomic E-state index is 0.152. The van der Waals surface area contributed by atoms with Crippen LogP contribution >= 0.6 is 23.2 Å². The van der Waals surface area contributed by atoms with Crippen LogP contribution in [0.5, 0.6) is 0 Å². The molecule has 2 aliphatic rings. The number of carbonyl (C=O) groups excluding carboxylic acids is 1. The third kappa shape index (κ3) is 2.29. The minimum atomic E-state index is 0.152. The fourth-order valence-electron chi connectivity index (χ4n) is 1.51. The van der Waals surface area contributed by atoms with Gasteiger partial charge in [-0.1, -0.05) is 23.2 Å². The molecule has 16 heavy (non-hydrogen) atoms. The number of ether oxygens (including phenoxy) is 1. The number of halogens is 2. The monoisotopic (exact) mass is 260 g/mol. The Morgan fingerprint density at radius 3 is 2.56 bits per heavy atom. The molecule has 2 aliphatic heterocycles. The van der Waals surface area contributed by atoms with Gasteiger partial charge < -0.3 is 9.64 Å². The van der Waals surface area contributed by atoms with Gasteiger partial charge in [0.05, 0.1) is 23.8 Å². The molecule has 1 saturated heterocycles. The van der Waals surface area contributed by atoms with Crippen molar-refractivity contribution < 1.29 is 9.53 Å². The number of rotatable bonds is 2. The lowest BCUT2D eigenvalue weighted by Gasteiger charge is -2.25. The molecule has 0 radical (unpaired) electrons. The lowest BCUT2D eigenvalue weighted by atomic mass is 10.3. The van der Waals surface area contributed by atoms with E-state index in [1.54, 1.807) is 0 Å². The second-order valence-corrected chi connectivity index (χ2v) is 4.15. The summed E-state index contributed by atoms with van der Waals surface area (Å²) in [6, 6.07) is 0. The van der Waals surface area contributed by atoms with Gasteiger partial charge in [-0.25, -0.2) is 4.99 Å². The number of morpholine rings is 1. The summed E-state index contributed by atoms with van der Waals surface area (Å²) in [5, 5.41) is 0.464. The summed E-state index contributed by atoms with van der Waals surface area (Å²) in [6.45, 7) is 2.95. The number of nitrogens with zero attached hydrogens (tertiary/aromatic N) is 2. The highest BCUT2D eigenvalue weighted by atomic mass is 35.5. The number of aliphatic imine (C=N–C) groups is 1. The molecule has 0 spiro atoms. The Hall–Kier alpha value is -0.840. The van der Waals surface area contributed by atoms with Gasteiger partial charge in [-0.3, -0.25) is 4.79 Å². The maximum absolute atomic E-state index is 10.7. The van der Waals surface area contributed by atoms with Crippen LogP contribution in [0.4, 0.5) is 0 Å². The molecule has 2 heterocycles. The SMILES string of the molecule is O=CC1=C(Cl)/C(=C/N2CCOCC2)N=C1Cl. The van der Waals surface area contributed by atoms with Crippen LogP contribution in [0.3, 0.4) is 0 Å². The van der Waals surface area contributed by atoms with E-state index >= 15 is 0 Å². The summed E-state index contributed by atoms with van der Waals surface area (Å²) in [5.74, 6) is 0. The fourth-order valence-corrected chi connectivity index (χ4v) is 2.01. The zero-order chi connectivity index (χ0) is 11.5. The van der Waals surface area contributed by atoms with Gasteiger partial charge in [0.2, 0.25) is 0 Å². The second kappa shape index (κ2) is 4.99. The summed E-state index contributed by atoms with van der Waals surface area (Å²) >= 11 is 11.8. The van der Waals surface area contributed by atoms with Crippen LogP contribution in [0, 0.1) is 0 Å². The van der Waals surface area contributed by atoms with Crippen LogP contribution in [0.25, 0.3) is 0 Å². The van der Waals surface area contributed by atoms with Crippen molar-refractivity contribution in [3.8, 4) is 0 Å². The molecule has 0 atom stereocenters. The van der Waals surface area contributed by atoms with Gasteiger partial charge in [-0.05, 0) is 0 Å². The fraction of sp³-hybridized carbons (Fsp3) is 0.400. The molecule has 0 aromatic heterocycles. The Morgan fingerprint density at radius 2 is 2.00 bits per heavy atom. The van der Waals surface area contributed by atoms with Gasteiger partial charge in [-0.2, -0.15) is 0 Å². The van der Waals surface area contributed by atoms with E-state index in [-0.39, 0.29) is 10.7 Å². The largest absolute Gasteiger partial charge is 0.378 e. The first-order valence-corrected chi connectivity index (χ1v) is 5.61. The molecule has 1 fully saturated rings. The first kappa shape index (κ1) is 11.6. The van der Waals surface area contributed by atoms with Crippen molar-refractivity contribution in [3.63, 3.8) is 0 Å². The maximum Gasteiger partial charge on any atom is 0.154 e. The van der Waals surface area contributed by atoms with Crippen molar-refractivity contribution in [1.82, 2.24) is 4.90 Å². The molecule has 0 saturated carbocycles. The Morgan fingerprint density at radius 1 is 1.31 bits per heavy atom. The van der Waals surface area contributed by atoms with Gasteiger partial charge in [-0.15, -0.1) is 0 Å². The summed E-state index contributed by atoms with van der Waals surface area (Å²) in [7, 11) is 0. The Kier molecular flexibility index (Phi) is 3.63. The van der Waals surface area contributed by atoms with Crippen LogP contribution < -0.4 is 0 Å². The predicted molar refractivity (Wildman–Crippen MR) is 62.7 cm³/mol. The van der Waals surface area contributed by atoms with E-state index in [1.807, 2.05) is 11.1 Å². The lowest BCUT2D eigenvalue weighted by Crippen LogP contribution is -2.32. The van der Waals surface area contributed by atoms with Crippen LogP contribution in [0.15, 0.2) is 27.5 Å². The third-order valence-corrected chi connectivity index (χ3v) is 3.06. The molecular weight excluding hydrogens is 251 g/mol. The van der Waals surface area contributed by atoms with Crippen molar-refractivity contribution in [2.75, 3.05) is 26.3 Å². The molecule has 0 aromatic carbocycles. The lowest BCUT2D eigenvalue weighted by molar-refractivity contribution is -0.104. The molecule has 4 nitrogen and oxygen atoms in total. The summed E-state index contributed by atoms with van der Waals surface area (Å²) in [5.41, 5.74) is 0.790. The second-order valence-electron chi connectivity index (χ2n) is 3.41. The number of hydrogen-bond acceptors (Lipinski definition) is 4. The van der Waals surface area contributed by atoms with E-state index in [2.05, 4.69) is 4.99 Å². The Labute approximate surface area is 103 Å². The summed E-state index contributed by atoms with van der Waals surface area (Å²) < 4.78 is 5.22. The molecule has 0 aliphatic carbocycles. The quantitative estimate of drug-likeness (QED) is 0.707. The summed E-state index contributed by atoms with van der Waals surface area (Å²) in [4.78, 5) is 16.8. The highest BCUT2D eigenvalue weighted by Gasteiger charge is 2.21. The molecule has 2 rings (SSSR count). The number of aldehydes is 1. The zero-order valence-electron chi connectivity index (χ0n) is 8.45. The van der Waals surface area contributed by atoms with Crippen molar-refractivity contribution in [3.05, 3.63) is 22.5 Å². The standard InChI is InChI=1S/C10H10Cl2N2O2/c11-9-7(6-15)10(12)13-8(9)5-14-1-3-16-4-2-14/h5-6H,1-4H2/b8-5-. The number of hydrogen-bond donors (Lipinski definition) is 0. The first-order valence-electron chi connectivity index (χ1n) is 4.86. The topological polar surface area (TPSA) is 41.9 Å². The number of carbonyl (C=O) groups is 1. The average Bonchev–Trinajstić information content (AvgIpc) is 2.55. The van der Waals surface area contributed by atoms with E-state index < -0.39 is 0 Å². The van der Waals surface area contributed by atoms with Gasteiger partial charge in [0.1, 0.15) is 10.9 Å². The van der Waals surface area contributed by atoms with E-state index in [4.69, 9.17) is 27.9 Å². The average molecular weight is 261 g/mol. The molecule has 0 bridgehead atoms. The van der Waals surface area contributed by atoms with Crippen molar-refractivity contribution in [2.45, 2.75) is 0 Å². The molecule has 0 amide bonds. The number of allylic oxidation sites excluding steroid dienone is 2. The first-order chi connectivity index (χ1) is 7.72. The van der Waals surface area contributed by atoms with Crippen LogP contribution in [-0.2, 0) is 9.53 Å². The summed E-state index contributed by atoms with van der Waals surface area (Å²) in [6.07, 6.45) is 2.43. The molecular formula is C10H10Cl2N2O2. The third-order valence-electron chi connectivity index (χ3n) is 2.37. The highest BCUT2D eigenvalue weighted by Crippen LogP contribution is 2.29. The van der Waals surface area contributed by atoms with Crippen molar-refractivity contribution in [2.24, 2.45) is 4.99 Å². The maximum atomic E-state index is 10.7. The van der Waals surface area contributed by atoms with Crippen LogP contribution in [0.1, 0.15) is 0 Å². The van der Waals surface area contributed by atoms with Gasteiger partial charge >= 0.3 is 0 Å². The molecule has 0 aromatic rings. The minimum Gasteiger partial charge on any atom is -0.378 e. The van der Waals surface area contributed by atoms with Crippen molar-refractivity contribution >= 4 is 34.7 Å². The van der Waals surface area contributed by atoms with E-state index in [9.17, 15) is 4.79 Å². The Bertz CT molecular complexity index is 396. The molecule has 6 heteroatoms. The van der Waals surface area contributed by atoms with Crippen molar-refractivity contribution in [1.29, 1.82) is 0 Å². The predicted octanol–water partition coefficient (Wildman–Crippen LogP) is 1.50. The van der Waals surface area contributed by atoms with E-state index in [0.29, 0.717) is 30.2 Å².